The summed E-state index contributed by atoms with van der Waals surface area (Å²) in [7, 11) is 0. The lowest BCUT2D eigenvalue weighted by Gasteiger charge is -2.44. The fraction of sp³-hybridized carbons (Fsp3) is 0.400. The Morgan fingerprint density at radius 3 is 2.24 bits per heavy atom. The maximum absolute atomic E-state index is 14.0. The van der Waals surface area contributed by atoms with Crippen LogP contribution in [0.2, 0.25) is 0 Å². The lowest BCUT2D eigenvalue weighted by atomic mass is 9.59. The van der Waals surface area contributed by atoms with E-state index in [9.17, 15) is 14.4 Å². The van der Waals surface area contributed by atoms with Crippen LogP contribution in [-0.4, -0.2) is 42.3 Å². The summed E-state index contributed by atoms with van der Waals surface area (Å²) < 4.78 is 24.0. The summed E-state index contributed by atoms with van der Waals surface area (Å²) in [6, 6.07) is 22.5. The van der Waals surface area contributed by atoms with Crippen LogP contribution in [0.3, 0.4) is 0 Å². The van der Waals surface area contributed by atoms with Crippen LogP contribution < -0.4 is 4.74 Å². The third kappa shape index (κ3) is 3.34. The second kappa shape index (κ2) is 9.01. The second-order valence-corrected chi connectivity index (χ2v) is 12.6. The van der Waals surface area contributed by atoms with Gasteiger partial charge in [-0.1, -0.05) is 60.7 Å². The van der Waals surface area contributed by atoms with Crippen molar-refractivity contribution in [3.63, 3.8) is 0 Å². The number of esters is 3. The molecule has 212 valence electrons. The maximum Gasteiger partial charge on any atom is 0.318 e. The molecule has 3 heterocycles. The normalized spacial score (nSPS) is 34.3. The Bertz CT molecular complexity index is 1610. The summed E-state index contributed by atoms with van der Waals surface area (Å²) >= 11 is 0. The fourth-order valence-corrected chi connectivity index (χ4v) is 8.85. The van der Waals surface area contributed by atoms with Crippen molar-refractivity contribution in [2.45, 2.75) is 68.4 Å². The monoisotopic (exact) mass is 562 g/mol. The molecule has 10 rings (SSSR count). The number of hydrogen-bond donors (Lipinski definition) is 0. The van der Waals surface area contributed by atoms with Gasteiger partial charge in [0, 0.05) is 11.8 Å². The predicted octanol–water partition coefficient (Wildman–Crippen LogP) is 4.62. The van der Waals surface area contributed by atoms with Gasteiger partial charge in [0.25, 0.3) is 0 Å². The minimum atomic E-state index is -0.886. The first-order chi connectivity index (χ1) is 20.6. The van der Waals surface area contributed by atoms with Crippen LogP contribution in [0.4, 0.5) is 0 Å². The quantitative estimate of drug-likeness (QED) is 0.339. The summed E-state index contributed by atoms with van der Waals surface area (Å²) in [5.74, 6) is -2.80. The average Bonchev–Trinajstić information content (AvgIpc) is 3.65. The molecule has 0 aromatic heterocycles. The van der Waals surface area contributed by atoms with Crippen LogP contribution in [0, 0.1) is 17.8 Å². The molecule has 3 aromatic rings. The van der Waals surface area contributed by atoms with Crippen molar-refractivity contribution in [3.8, 4) is 5.75 Å². The highest BCUT2D eigenvalue weighted by atomic mass is 16.7. The van der Waals surface area contributed by atoms with Crippen LogP contribution in [-0.2, 0) is 41.4 Å². The first kappa shape index (κ1) is 24.6. The molecule has 7 unspecified atom stereocenters. The van der Waals surface area contributed by atoms with Crippen LogP contribution in [0.1, 0.15) is 64.5 Å². The van der Waals surface area contributed by atoms with Crippen molar-refractivity contribution in [1.29, 1.82) is 0 Å². The Labute approximate surface area is 243 Å². The highest BCUT2D eigenvalue weighted by Gasteiger charge is 2.72. The van der Waals surface area contributed by atoms with Gasteiger partial charge < -0.3 is 18.9 Å². The summed E-state index contributed by atoms with van der Waals surface area (Å²) in [5, 5.41) is 0. The third-order valence-corrected chi connectivity index (χ3v) is 10.6. The predicted molar refractivity (Wildman–Crippen MR) is 149 cm³/mol. The van der Waals surface area contributed by atoms with Crippen molar-refractivity contribution in [2.75, 3.05) is 0 Å². The summed E-state index contributed by atoms with van der Waals surface area (Å²) in [5.41, 5.74) is 7.13. The molecule has 3 aromatic carbocycles. The molecule has 4 aliphatic carbocycles. The van der Waals surface area contributed by atoms with Gasteiger partial charge in [-0.15, -0.1) is 0 Å². The molecule has 7 heteroatoms. The molecule has 3 aliphatic heterocycles. The third-order valence-electron chi connectivity index (χ3n) is 10.6. The van der Waals surface area contributed by atoms with Crippen LogP contribution in [0.15, 0.2) is 66.7 Å². The Hall–Kier alpha value is -3.97. The molecule has 0 spiro atoms. The lowest BCUT2D eigenvalue weighted by molar-refractivity contribution is -0.167. The lowest BCUT2D eigenvalue weighted by Crippen LogP contribution is -2.49. The molecule has 0 radical (unpaired) electrons. The van der Waals surface area contributed by atoms with Gasteiger partial charge in [-0.3, -0.25) is 14.4 Å². The molecular formula is C35H30O7. The molecule has 3 fully saturated rings. The molecule has 3 saturated heterocycles. The number of ether oxygens (including phenoxy) is 4. The van der Waals surface area contributed by atoms with Crippen molar-refractivity contribution >= 4 is 17.9 Å². The summed E-state index contributed by atoms with van der Waals surface area (Å²) in [6.45, 7) is 0. The van der Waals surface area contributed by atoms with E-state index in [1.165, 1.54) is 27.8 Å². The molecule has 0 N–H and O–H groups in total. The van der Waals surface area contributed by atoms with Crippen molar-refractivity contribution < 1.29 is 33.3 Å². The van der Waals surface area contributed by atoms with E-state index in [4.69, 9.17) is 18.9 Å². The van der Waals surface area contributed by atoms with Gasteiger partial charge in [0.1, 0.15) is 29.8 Å². The first-order valence-corrected chi connectivity index (χ1v) is 15.1. The Balaban J connectivity index is 0.999. The van der Waals surface area contributed by atoms with Gasteiger partial charge in [-0.2, -0.15) is 0 Å². The van der Waals surface area contributed by atoms with E-state index >= 15 is 0 Å². The molecule has 0 amide bonds. The molecule has 7 aliphatic rings. The average molecular weight is 563 g/mol. The summed E-state index contributed by atoms with van der Waals surface area (Å²) in [4.78, 5) is 40.6. The standard InChI is InChI=1S/C35H30O7/c36-33(24-16-23-19-11-3-5-13-21(19)26(24)22-14-6-4-12-20(22)23)41-31-29-27(28-30(40-29)32(31)42-35(28)38)34(37)39-25-15-7-9-17-8-1-2-10-18(17)25/h3-7,9,11-15,23-24,26-32H,1-2,8,10,16H2. The minimum absolute atomic E-state index is 0.113. The molecule has 4 bridgehead atoms. The number of fused-ring (bicyclic) bond motifs is 3. The zero-order chi connectivity index (χ0) is 28.1. The highest BCUT2D eigenvalue weighted by molar-refractivity contribution is 5.88. The molecule has 0 saturated carbocycles. The maximum atomic E-state index is 14.0. The number of rotatable bonds is 4. The Morgan fingerprint density at radius 1 is 0.762 bits per heavy atom. The summed E-state index contributed by atoms with van der Waals surface area (Å²) in [6.07, 6.45) is 1.68. The van der Waals surface area contributed by atoms with Gasteiger partial charge in [0.15, 0.2) is 12.2 Å². The number of aryl methyl sites for hydroxylation is 1. The molecule has 7 atom stereocenters. The number of carbonyl (C=O) groups is 3. The van der Waals surface area contributed by atoms with Crippen molar-refractivity contribution in [3.05, 3.63) is 100 Å². The van der Waals surface area contributed by atoms with Crippen LogP contribution in [0.25, 0.3) is 0 Å². The number of benzene rings is 3. The van der Waals surface area contributed by atoms with E-state index in [1.54, 1.807) is 0 Å². The Morgan fingerprint density at radius 2 is 1.48 bits per heavy atom. The Kier molecular flexibility index (Phi) is 5.28. The SMILES string of the molecule is O=C(OC1C2OC(=O)C3C2OC1C3C(=O)Oc1cccc2c1CCCC2)C1CC2c3ccccc3C1c1ccccc12. The van der Waals surface area contributed by atoms with E-state index in [0.29, 0.717) is 12.2 Å². The van der Waals surface area contributed by atoms with E-state index < -0.39 is 48.2 Å². The van der Waals surface area contributed by atoms with E-state index in [1.807, 2.05) is 24.3 Å². The van der Waals surface area contributed by atoms with Gasteiger partial charge in [-0.05, 0) is 71.6 Å². The van der Waals surface area contributed by atoms with Crippen LogP contribution >= 0.6 is 0 Å². The number of hydrogen-bond acceptors (Lipinski definition) is 7. The fourth-order valence-electron chi connectivity index (χ4n) is 8.85. The van der Waals surface area contributed by atoms with Gasteiger partial charge in [-0.25, -0.2) is 0 Å². The van der Waals surface area contributed by atoms with Crippen molar-refractivity contribution in [2.24, 2.45) is 17.8 Å². The largest absolute Gasteiger partial charge is 0.455 e. The van der Waals surface area contributed by atoms with E-state index in [0.717, 1.165) is 31.2 Å². The highest BCUT2D eigenvalue weighted by Crippen LogP contribution is 2.57. The first-order valence-electron chi connectivity index (χ1n) is 15.1. The van der Waals surface area contributed by atoms with E-state index in [-0.39, 0.29) is 23.7 Å². The molecule has 42 heavy (non-hydrogen) atoms. The van der Waals surface area contributed by atoms with Gasteiger partial charge in [0.05, 0.1) is 5.92 Å². The van der Waals surface area contributed by atoms with Crippen LogP contribution in [0.5, 0.6) is 5.75 Å². The van der Waals surface area contributed by atoms with Gasteiger partial charge >= 0.3 is 17.9 Å². The zero-order valence-corrected chi connectivity index (χ0v) is 22.9. The zero-order valence-electron chi connectivity index (χ0n) is 22.9. The van der Waals surface area contributed by atoms with Gasteiger partial charge in [0.2, 0.25) is 0 Å². The van der Waals surface area contributed by atoms with Crippen molar-refractivity contribution in [1.82, 2.24) is 0 Å². The van der Waals surface area contributed by atoms with E-state index in [2.05, 4.69) is 42.5 Å². The second-order valence-electron chi connectivity index (χ2n) is 12.6. The smallest absolute Gasteiger partial charge is 0.318 e. The molecular weight excluding hydrogens is 532 g/mol. The topological polar surface area (TPSA) is 88.1 Å². The minimum Gasteiger partial charge on any atom is -0.455 e. The number of carbonyl (C=O) groups excluding carboxylic acids is 3. The molecule has 7 nitrogen and oxygen atoms in total.